The van der Waals surface area contributed by atoms with Gasteiger partial charge in [-0.15, -0.1) is 0 Å². The fourth-order valence-corrected chi connectivity index (χ4v) is 3.70. The molecule has 0 fully saturated rings. The van der Waals surface area contributed by atoms with Crippen LogP contribution in [0.4, 0.5) is 5.69 Å². The number of ether oxygens (including phenoxy) is 2. The Morgan fingerprint density at radius 3 is 2.87 bits per heavy atom. The smallest absolute Gasteiger partial charge is 0.266 e. The van der Waals surface area contributed by atoms with Crippen LogP contribution >= 0.6 is 11.8 Å². The highest BCUT2D eigenvalue weighted by Gasteiger charge is 2.16. The van der Waals surface area contributed by atoms with Crippen molar-refractivity contribution in [2.45, 2.75) is 5.16 Å². The molecular formula is C19H15N5O5S. The second-order valence-corrected chi connectivity index (χ2v) is 7.26. The predicted octanol–water partition coefficient (Wildman–Crippen LogP) is 2.18. The van der Waals surface area contributed by atoms with Crippen LogP contribution in [0.3, 0.4) is 0 Å². The molecule has 4 aromatic rings. The Balaban J connectivity index is 1.34. The predicted molar refractivity (Wildman–Crippen MR) is 108 cm³/mol. The van der Waals surface area contributed by atoms with E-state index in [1.165, 1.54) is 16.8 Å². The summed E-state index contributed by atoms with van der Waals surface area (Å²) < 4.78 is 17.8. The van der Waals surface area contributed by atoms with Gasteiger partial charge in [-0.25, -0.2) is 9.50 Å². The molecule has 1 aromatic carbocycles. The fourth-order valence-electron chi connectivity index (χ4n) is 2.94. The number of amides is 1. The molecule has 0 aliphatic carbocycles. The van der Waals surface area contributed by atoms with Crippen LogP contribution in [0, 0.1) is 0 Å². The molecule has 2 N–H and O–H groups in total. The third-order valence-electron chi connectivity index (χ3n) is 4.22. The van der Waals surface area contributed by atoms with Crippen LogP contribution in [0.15, 0.2) is 57.0 Å². The second-order valence-electron chi connectivity index (χ2n) is 6.32. The van der Waals surface area contributed by atoms with Crippen LogP contribution in [-0.2, 0) is 4.79 Å². The molecule has 5 rings (SSSR count). The van der Waals surface area contributed by atoms with Crippen molar-refractivity contribution in [2.24, 2.45) is 0 Å². The van der Waals surface area contributed by atoms with Crippen molar-refractivity contribution in [3.05, 3.63) is 53.0 Å². The summed E-state index contributed by atoms with van der Waals surface area (Å²) in [5, 5.41) is 5.86. The third-order valence-corrected chi connectivity index (χ3v) is 5.16. The highest BCUT2D eigenvalue weighted by molar-refractivity contribution is 7.99. The molecule has 4 heterocycles. The van der Waals surface area contributed by atoms with Gasteiger partial charge < -0.3 is 19.2 Å². The summed E-state index contributed by atoms with van der Waals surface area (Å²) in [4.78, 5) is 33.0. The SMILES string of the molecule is O=C(CSc1nc(-c2ccco2)nc2cc(=O)[nH]n12)Nc1ccc2c(c1)OCCO2. The molecule has 11 heteroatoms. The maximum atomic E-state index is 12.5. The first kappa shape index (κ1) is 18.3. The Labute approximate surface area is 173 Å². The van der Waals surface area contributed by atoms with Crippen molar-refractivity contribution in [1.29, 1.82) is 0 Å². The lowest BCUT2D eigenvalue weighted by molar-refractivity contribution is -0.113. The molecule has 0 saturated heterocycles. The molecule has 1 aliphatic rings. The van der Waals surface area contributed by atoms with Gasteiger partial charge in [0, 0.05) is 17.8 Å². The highest BCUT2D eigenvalue weighted by atomic mass is 32.2. The van der Waals surface area contributed by atoms with Gasteiger partial charge in [0.25, 0.3) is 5.56 Å². The van der Waals surface area contributed by atoms with E-state index in [1.807, 2.05) is 0 Å². The average Bonchev–Trinajstić information content (AvgIpc) is 3.41. The summed E-state index contributed by atoms with van der Waals surface area (Å²) in [6.45, 7) is 0.973. The maximum absolute atomic E-state index is 12.5. The standard InChI is InChI=1S/C19H15N5O5S/c25-16-9-15-21-18(13-2-1-5-27-13)22-19(24(15)23-16)30-10-17(26)20-11-3-4-12-14(8-11)29-7-6-28-12/h1-5,8-9H,6-7,10H2,(H,20,26)(H,23,25). The van der Waals surface area contributed by atoms with Gasteiger partial charge >= 0.3 is 0 Å². The van der Waals surface area contributed by atoms with E-state index in [9.17, 15) is 9.59 Å². The quantitative estimate of drug-likeness (QED) is 0.466. The molecule has 0 atom stereocenters. The number of nitrogens with zero attached hydrogens (tertiary/aromatic N) is 3. The van der Waals surface area contributed by atoms with Crippen molar-refractivity contribution < 1.29 is 18.7 Å². The van der Waals surface area contributed by atoms with E-state index in [-0.39, 0.29) is 17.2 Å². The minimum absolute atomic E-state index is 0.0678. The number of aromatic amines is 1. The van der Waals surface area contributed by atoms with E-state index in [0.717, 1.165) is 11.8 Å². The van der Waals surface area contributed by atoms with E-state index in [4.69, 9.17) is 13.9 Å². The number of fused-ring (bicyclic) bond motifs is 2. The monoisotopic (exact) mass is 425 g/mol. The van der Waals surface area contributed by atoms with E-state index in [0.29, 0.717) is 52.8 Å². The van der Waals surface area contributed by atoms with Crippen molar-refractivity contribution in [2.75, 3.05) is 24.3 Å². The maximum Gasteiger partial charge on any atom is 0.266 e. The largest absolute Gasteiger partial charge is 0.486 e. The van der Waals surface area contributed by atoms with Crippen LogP contribution in [0.2, 0.25) is 0 Å². The van der Waals surface area contributed by atoms with Crippen LogP contribution in [0.25, 0.3) is 17.2 Å². The second kappa shape index (κ2) is 7.59. The van der Waals surface area contributed by atoms with Gasteiger partial charge in [-0.3, -0.25) is 14.7 Å². The van der Waals surface area contributed by atoms with Crippen LogP contribution in [0.5, 0.6) is 11.5 Å². The number of rotatable bonds is 5. The summed E-state index contributed by atoms with van der Waals surface area (Å²) in [6.07, 6.45) is 1.51. The Morgan fingerprint density at radius 1 is 1.17 bits per heavy atom. The van der Waals surface area contributed by atoms with Crippen molar-refractivity contribution >= 4 is 29.0 Å². The zero-order chi connectivity index (χ0) is 20.5. The van der Waals surface area contributed by atoms with E-state index < -0.39 is 0 Å². The Morgan fingerprint density at radius 2 is 2.03 bits per heavy atom. The van der Waals surface area contributed by atoms with Gasteiger partial charge in [0.1, 0.15) is 13.2 Å². The van der Waals surface area contributed by atoms with Crippen LogP contribution in [-0.4, -0.2) is 44.5 Å². The molecule has 0 radical (unpaired) electrons. The molecule has 152 valence electrons. The normalized spacial score (nSPS) is 12.8. The first-order valence-corrected chi connectivity index (χ1v) is 10.0. The number of nitrogens with one attached hydrogen (secondary N) is 2. The molecule has 10 nitrogen and oxygen atoms in total. The van der Waals surface area contributed by atoms with Gasteiger partial charge in [-0.05, 0) is 24.3 Å². The molecule has 0 unspecified atom stereocenters. The number of furan rings is 1. The zero-order valence-electron chi connectivity index (χ0n) is 15.5. The van der Waals surface area contributed by atoms with Crippen LogP contribution in [0.1, 0.15) is 0 Å². The number of carbonyl (C=O) groups excluding carboxylic acids is 1. The third kappa shape index (κ3) is 3.62. The summed E-state index contributed by atoms with van der Waals surface area (Å²) in [5.41, 5.74) is 0.669. The first-order chi connectivity index (χ1) is 14.7. The van der Waals surface area contributed by atoms with E-state index >= 15 is 0 Å². The molecule has 3 aromatic heterocycles. The number of thioether (sulfide) groups is 1. The van der Waals surface area contributed by atoms with E-state index in [1.54, 1.807) is 30.3 Å². The van der Waals surface area contributed by atoms with Gasteiger partial charge in [-0.2, -0.15) is 4.98 Å². The molecule has 1 amide bonds. The van der Waals surface area contributed by atoms with Gasteiger partial charge in [0.2, 0.25) is 5.91 Å². The zero-order valence-corrected chi connectivity index (χ0v) is 16.3. The minimum atomic E-state index is -0.316. The van der Waals surface area contributed by atoms with Gasteiger partial charge in [0.15, 0.2) is 33.9 Å². The summed E-state index contributed by atoms with van der Waals surface area (Å²) in [5.74, 6) is 1.87. The Bertz CT molecular complexity index is 1280. The molecule has 1 aliphatic heterocycles. The number of carbonyl (C=O) groups is 1. The lowest BCUT2D eigenvalue weighted by atomic mass is 10.2. The van der Waals surface area contributed by atoms with Crippen LogP contribution < -0.4 is 20.3 Å². The first-order valence-electron chi connectivity index (χ1n) is 9.02. The molecule has 0 spiro atoms. The van der Waals surface area contributed by atoms with Crippen molar-refractivity contribution in [3.63, 3.8) is 0 Å². The van der Waals surface area contributed by atoms with Gasteiger partial charge in [-0.1, -0.05) is 11.8 Å². The fraction of sp³-hybridized carbons (Fsp3) is 0.158. The minimum Gasteiger partial charge on any atom is -0.486 e. The average molecular weight is 425 g/mol. The van der Waals surface area contributed by atoms with Crippen molar-refractivity contribution in [3.8, 4) is 23.1 Å². The number of benzene rings is 1. The summed E-state index contributed by atoms with van der Waals surface area (Å²) in [6, 6.07) is 10.0. The molecule has 30 heavy (non-hydrogen) atoms. The number of hydrogen-bond acceptors (Lipinski definition) is 8. The topological polar surface area (TPSA) is 124 Å². The number of aromatic nitrogens is 4. The molecule has 0 bridgehead atoms. The summed E-state index contributed by atoms with van der Waals surface area (Å²) >= 11 is 1.16. The van der Waals surface area contributed by atoms with Gasteiger partial charge in [0.05, 0.1) is 12.0 Å². The lowest BCUT2D eigenvalue weighted by Crippen LogP contribution is -2.17. The number of hydrogen-bond donors (Lipinski definition) is 2. The highest BCUT2D eigenvalue weighted by Crippen LogP contribution is 2.32. The Hall–Kier alpha value is -3.73. The summed E-state index contributed by atoms with van der Waals surface area (Å²) in [7, 11) is 0. The van der Waals surface area contributed by atoms with E-state index in [2.05, 4.69) is 20.4 Å². The number of H-pyrrole nitrogens is 1. The Kier molecular flexibility index (Phi) is 4.64. The lowest BCUT2D eigenvalue weighted by Gasteiger charge is -2.19. The molecule has 0 saturated carbocycles. The van der Waals surface area contributed by atoms with Crippen molar-refractivity contribution in [1.82, 2.24) is 19.6 Å². The number of anilines is 1. The molecular weight excluding hydrogens is 410 g/mol.